The fourth-order valence-electron chi connectivity index (χ4n) is 3.56. The largest absolute Gasteiger partial charge is 0.398 e. The average molecular weight is 287 g/mol. The molecule has 4 nitrogen and oxygen atoms in total. The van der Waals surface area contributed by atoms with Gasteiger partial charge in [-0.1, -0.05) is 12.5 Å². The number of rotatable bonds is 2. The van der Waals surface area contributed by atoms with Crippen molar-refractivity contribution in [1.82, 2.24) is 9.80 Å². The van der Waals surface area contributed by atoms with E-state index < -0.39 is 0 Å². The van der Waals surface area contributed by atoms with Crippen LogP contribution in [0.25, 0.3) is 0 Å². The van der Waals surface area contributed by atoms with Gasteiger partial charge in [0, 0.05) is 24.8 Å². The number of nitrogens with two attached hydrogens (primary N) is 1. The zero-order chi connectivity index (χ0) is 14.8. The fourth-order valence-corrected chi connectivity index (χ4v) is 3.56. The minimum atomic E-state index is 0.0898. The van der Waals surface area contributed by atoms with Crippen LogP contribution in [0.4, 0.5) is 5.69 Å². The Bertz CT molecular complexity index is 523. The molecule has 1 unspecified atom stereocenters. The second-order valence-electron chi connectivity index (χ2n) is 6.38. The maximum Gasteiger partial charge on any atom is 0.255 e. The number of amides is 1. The van der Waals surface area contributed by atoms with Crippen molar-refractivity contribution in [2.75, 3.05) is 31.9 Å². The van der Waals surface area contributed by atoms with E-state index in [1.54, 1.807) is 0 Å². The quantitative estimate of drug-likeness (QED) is 0.849. The molecule has 3 rings (SSSR count). The number of piperidine rings is 1. The second-order valence-corrected chi connectivity index (χ2v) is 6.38. The SMILES string of the molecule is Cc1ccc(C(=O)N2CCC(N3CCCCC3)C2)c(N)c1. The Labute approximate surface area is 126 Å². The molecule has 2 heterocycles. The van der Waals surface area contributed by atoms with Gasteiger partial charge >= 0.3 is 0 Å². The minimum absolute atomic E-state index is 0.0898. The van der Waals surface area contributed by atoms with Crippen LogP contribution in [0.3, 0.4) is 0 Å². The summed E-state index contributed by atoms with van der Waals surface area (Å²) in [6, 6.07) is 6.25. The summed E-state index contributed by atoms with van der Waals surface area (Å²) in [5.41, 5.74) is 8.35. The van der Waals surface area contributed by atoms with Gasteiger partial charge in [-0.3, -0.25) is 9.69 Å². The van der Waals surface area contributed by atoms with Crippen molar-refractivity contribution in [3.05, 3.63) is 29.3 Å². The number of nitrogens with zero attached hydrogens (tertiary/aromatic N) is 2. The van der Waals surface area contributed by atoms with Crippen molar-refractivity contribution in [1.29, 1.82) is 0 Å². The minimum Gasteiger partial charge on any atom is -0.398 e. The van der Waals surface area contributed by atoms with Crippen molar-refractivity contribution in [3.63, 3.8) is 0 Å². The van der Waals surface area contributed by atoms with Crippen LogP contribution < -0.4 is 5.73 Å². The maximum atomic E-state index is 12.6. The molecular weight excluding hydrogens is 262 g/mol. The van der Waals surface area contributed by atoms with Crippen LogP contribution >= 0.6 is 0 Å². The third kappa shape index (κ3) is 3.05. The molecule has 2 aliphatic rings. The lowest BCUT2D eigenvalue weighted by atomic mass is 10.1. The molecule has 2 fully saturated rings. The molecule has 0 spiro atoms. The molecular formula is C17H25N3O. The lowest BCUT2D eigenvalue weighted by Gasteiger charge is -2.32. The summed E-state index contributed by atoms with van der Waals surface area (Å²) in [6.07, 6.45) is 5.05. The van der Waals surface area contributed by atoms with Crippen molar-refractivity contribution in [3.8, 4) is 0 Å². The van der Waals surface area contributed by atoms with E-state index in [1.807, 2.05) is 30.0 Å². The van der Waals surface area contributed by atoms with Gasteiger partial charge < -0.3 is 10.6 Å². The first kappa shape index (κ1) is 14.4. The van der Waals surface area contributed by atoms with E-state index in [-0.39, 0.29) is 5.91 Å². The predicted molar refractivity (Wildman–Crippen MR) is 85.3 cm³/mol. The molecule has 1 aromatic rings. The molecule has 1 aromatic carbocycles. The second kappa shape index (κ2) is 6.06. The maximum absolute atomic E-state index is 12.6. The first-order chi connectivity index (χ1) is 10.1. The van der Waals surface area contributed by atoms with E-state index in [2.05, 4.69) is 4.90 Å². The number of aryl methyl sites for hydroxylation is 1. The van der Waals surface area contributed by atoms with Gasteiger partial charge in [-0.2, -0.15) is 0 Å². The van der Waals surface area contributed by atoms with Gasteiger partial charge in [-0.05, 0) is 57.0 Å². The zero-order valence-electron chi connectivity index (χ0n) is 12.8. The summed E-state index contributed by atoms with van der Waals surface area (Å²) in [6.45, 7) is 6.09. The lowest BCUT2D eigenvalue weighted by molar-refractivity contribution is 0.0772. The van der Waals surface area contributed by atoms with Gasteiger partial charge in [0.25, 0.3) is 5.91 Å². The fraction of sp³-hybridized carbons (Fsp3) is 0.588. The van der Waals surface area contributed by atoms with Crippen molar-refractivity contribution in [2.45, 2.75) is 38.6 Å². The first-order valence-electron chi connectivity index (χ1n) is 8.04. The van der Waals surface area contributed by atoms with Crippen molar-refractivity contribution in [2.24, 2.45) is 0 Å². The summed E-state index contributed by atoms with van der Waals surface area (Å²) in [5.74, 6) is 0.0898. The van der Waals surface area contributed by atoms with E-state index in [0.29, 0.717) is 17.3 Å². The number of hydrogen-bond acceptors (Lipinski definition) is 3. The van der Waals surface area contributed by atoms with E-state index in [4.69, 9.17) is 5.73 Å². The number of hydrogen-bond donors (Lipinski definition) is 1. The summed E-state index contributed by atoms with van der Waals surface area (Å²) < 4.78 is 0. The molecule has 0 saturated carbocycles. The van der Waals surface area contributed by atoms with E-state index in [9.17, 15) is 4.79 Å². The zero-order valence-corrected chi connectivity index (χ0v) is 12.8. The highest BCUT2D eigenvalue weighted by Gasteiger charge is 2.31. The molecule has 2 saturated heterocycles. The normalized spacial score (nSPS) is 23.5. The number of likely N-dealkylation sites (tertiary alicyclic amines) is 2. The number of carbonyl (C=O) groups is 1. The number of anilines is 1. The highest BCUT2D eigenvalue weighted by molar-refractivity contribution is 5.99. The van der Waals surface area contributed by atoms with Gasteiger partial charge in [0.15, 0.2) is 0 Å². The van der Waals surface area contributed by atoms with Gasteiger partial charge in [-0.15, -0.1) is 0 Å². The Kier molecular flexibility index (Phi) is 4.15. The van der Waals surface area contributed by atoms with Crippen LogP contribution in [0.2, 0.25) is 0 Å². The molecule has 114 valence electrons. The van der Waals surface area contributed by atoms with Crippen LogP contribution in [0.15, 0.2) is 18.2 Å². The molecule has 4 heteroatoms. The van der Waals surface area contributed by atoms with Crippen LogP contribution in [0.5, 0.6) is 0 Å². The van der Waals surface area contributed by atoms with Gasteiger partial charge in [-0.25, -0.2) is 0 Å². The monoisotopic (exact) mass is 287 g/mol. The smallest absolute Gasteiger partial charge is 0.255 e. The summed E-state index contributed by atoms with van der Waals surface area (Å²) in [7, 11) is 0. The number of benzene rings is 1. The molecule has 2 N–H and O–H groups in total. The van der Waals surface area contributed by atoms with Crippen LogP contribution in [-0.4, -0.2) is 47.9 Å². The standard InChI is InChI=1S/C17H25N3O/c1-13-5-6-15(16(18)11-13)17(21)20-10-7-14(12-20)19-8-3-2-4-9-19/h5-6,11,14H,2-4,7-10,12,18H2,1H3. The Morgan fingerprint density at radius 2 is 1.95 bits per heavy atom. The molecule has 0 radical (unpaired) electrons. The molecule has 21 heavy (non-hydrogen) atoms. The Balaban J connectivity index is 1.66. The Morgan fingerprint density at radius 1 is 1.19 bits per heavy atom. The molecule has 1 atom stereocenters. The average Bonchev–Trinajstić information content (AvgIpc) is 2.97. The third-order valence-electron chi connectivity index (χ3n) is 4.80. The molecule has 0 bridgehead atoms. The topological polar surface area (TPSA) is 49.6 Å². The van der Waals surface area contributed by atoms with Crippen molar-refractivity contribution >= 4 is 11.6 Å². The van der Waals surface area contributed by atoms with Crippen LogP contribution in [0.1, 0.15) is 41.6 Å². The van der Waals surface area contributed by atoms with Crippen molar-refractivity contribution < 1.29 is 4.79 Å². The molecule has 0 aromatic heterocycles. The van der Waals surface area contributed by atoms with E-state index in [1.165, 1.54) is 32.4 Å². The summed E-state index contributed by atoms with van der Waals surface area (Å²) in [4.78, 5) is 17.2. The predicted octanol–water partition coefficient (Wildman–Crippen LogP) is 2.28. The van der Waals surface area contributed by atoms with Crippen LogP contribution in [0, 0.1) is 6.92 Å². The van der Waals surface area contributed by atoms with E-state index in [0.717, 1.165) is 25.1 Å². The number of nitrogen functional groups attached to an aromatic ring is 1. The molecule has 1 amide bonds. The van der Waals surface area contributed by atoms with Gasteiger partial charge in [0.1, 0.15) is 0 Å². The highest BCUT2D eigenvalue weighted by Crippen LogP contribution is 2.23. The highest BCUT2D eigenvalue weighted by atomic mass is 16.2. The lowest BCUT2D eigenvalue weighted by Crippen LogP contribution is -2.41. The first-order valence-corrected chi connectivity index (χ1v) is 8.04. The summed E-state index contributed by atoms with van der Waals surface area (Å²) >= 11 is 0. The van der Waals surface area contributed by atoms with Crippen LogP contribution in [-0.2, 0) is 0 Å². The summed E-state index contributed by atoms with van der Waals surface area (Å²) in [5, 5.41) is 0. The molecule has 2 aliphatic heterocycles. The Hall–Kier alpha value is -1.55. The van der Waals surface area contributed by atoms with Gasteiger partial charge in [0.05, 0.1) is 5.56 Å². The van der Waals surface area contributed by atoms with Gasteiger partial charge in [0.2, 0.25) is 0 Å². The number of carbonyl (C=O) groups excluding carboxylic acids is 1. The van der Waals surface area contributed by atoms with E-state index >= 15 is 0 Å². The Morgan fingerprint density at radius 3 is 2.67 bits per heavy atom. The third-order valence-corrected chi connectivity index (χ3v) is 4.80. The molecule has 0 aliphatic carbocycles.